The lowest BCUT2D eigenvalue weighted by Crippen LogP contribution is -1.91. The van der Waals surface area contributed by atoms with Crippen LogP contribution in [0, 0.1) is 0 Å². The van der Waals surface area contributed by atoms with Crippen molar-refractivity contribution in [2.45, 2.75) is 10.6 Å². The summed E-state index contributed by atoms with van der Waals surface area (Å²) in [6.45, 7) is 0. The fourth-order valence-electron chi connectivity index (χ4n) is 1.38. The SMILES string of the molecule is Nc1ccccc1CSc1cccc(Br)c1. The standard InChI is InChI=1S/C13H12BrNS/c14-11-5-3-6-12(8-11)16-9-10-4-1-2-7-13(10)15/h1-8H,9,15H2. The fraction of sp³-hybridized carbons (Fsp3) is 0.0769. The first-order valence-corrected chi connectivity index (χ1v) is 6.75. The molecule has 16 heavy (non-hydrogen) atoms. The van der Waals surface area contributed by atoms with Crippen LogP contribution in [0.1, 0.15) is 5.56 Å². The largest absolute Gasteiger partial charge is 0.398 e. The van der Waals surface area contributed by atoms with E-state index in [0.29, 0.717) is 0 Å². The van der Waals surface area contributed by atoms with Crippen molar-refractivity contribution >= 4 is 33.4 Å². The average molecular weight is 294 g/mol. The first-order valence-electron chi connectivity index (χ1n) is 4.97. The maximum Gasteiger partial charge on any atom is 0.0355 e. The van der Waals surface area contributed by atoms with Crippen LogP contribution in [0.25, 0.3) is 0 Å². The number of rotatable bonds is 3. The lowest BCUT2D eigenvalue weighted by Gasteiger charge is -2.05. The first-order chi connectivity index (χ1) is 7.75. The fourth-order valence-corrected chi connectivity index (χ4v) is 2.90. The summed E-state index contributed by atoms with van der Waals surface area (Å²) in [6.07, 6.45) is 0. The van der Waals surface area contributed by atoms with Crippen LogP contribution in [0.15, 0.2) is 57.9 Å². The van der Waals surface area contributed by atoms with Gasteiger partial charge in [-0.05, 0) is 29.8 Å². The predicted octanol–water partition coefficient (Wildman–Crippen LogP) is 4.32. The highest BCUT2D eigenvalue weighted by Crippen LogP contribution is 2.27. The number of hydrogen-bond acceptors (Lipinski definition) is 2. The van der Waals surface area contributed by atoms with E-state index in [0.717, 1.165) is 15.9 Å². The van der Waals surface area contributed by atoms with Gasteiger partial charge in [-0.1, -0.05) is 40.2 Å². The van der Waals surface area contributed by atoms with Crippen molar-refractivity contribution in [1.29, 1.82) is 0 Å². The van der Waals surface area contributed by atoms with E-state index < -0.39 is 0 Å². The molecule has 0 atom stereocenters. The monoisotopic (exact) mass is 293 g/mol. The Bertz CT molecular complexity index is 485. The Labute approximate surface area is 108 Å². The minimum atomic E-state index is 0.866. The summed E-state index contributed by atoms with van der Waals surface area (Å²) in [7, 11) is 0. The minimum Gasteiger partial charge on any atom is -0.398 e. The van der Waals surface area contributed by atoms with Crippen LogP contribution in [-0.2, 0) is 5.75 Å². The van der Waals surface area contributed by atoms with Crippen molar-refractivity contribution in [3.8, 4) is 0 Å². The Morgan fingerprint density at radius 1 is 1.06 bits per heavy atom. The highest BCUT2D eigenvalue weighted by Gasteiger charge is 1.99. The van der Waals surface area contributed by atoms with E-state index in [9.17, 15) is 0 Å². The summed E-state index contributed by atoms with van der Waals surface area (Å²) in [4.78, 5) is 1.25. The van der Waals surface area contributed by atoms with E-state index >= 15 is 0 Å². The topological polar surface area (TPSA) is 26.0 Å². The maximum atomic E-state index is 5.89. The molecule has 0 unspecified atom stereocenters. The Hall–Kier alpha value is -0.930. The quantitative estimate of drug-likeness (QED) is 0.674. The lowest BCUT2D eigenvalue weighted by atomic mass is 10.2. The van der Waals surface area contributed by atoms with Crippen LogP contribution in [0.2, 0.25) is 0 Å². The van der Waals surface area contributed by atoms with Crippen molar-refractivity contribution in [2.24, 2.45) is 0 Å². The third kappa shape index (κ3) is 3.03. The zero-order chi connectivity index (χ0) is 11.4. The molecule has 0 heterocycles. The molecule has 0 amide bonds. The highest BCUT2D eigenvalue weighted by atomic mass is 79.9. The summed E-state index contributed by atoms with van der Waals surface area (Å²) in [6, 6.07) is 16.3. The molecule has 2 N–H and O–H groups in total. The number of thioether (sulfide) groups is 1. The van der Waals surface area contributed by atoms with E-state index in [1.54, 1.807) is 11.8 Å². The van der Waals surface area contributed by atoms with Crippen molar-refractivity contribution in [2.75, 3.05) is 5.73 Å². The van der Waals surface area contributed by atoms with E-state index in [1.807, 2.05) is 30.3 Å². The molecule has 2 rings (SSSR count). The Morgan fingerprint density at radius 3 is 2.62 bits per heavy atom. The molecule has 0 saturated heterocycles. The van der Waals surface area contributed by atoms with Gasteiger partial charge in [-0.2, -0.15) is 0 Å². The van der Waals surface area contributed by atoms with Gasteiger partial charge in [-0.25, -0.2) is 0 Å². The molecule has 2 aromatic carbocycles. The Balaban J connectivity index is 2.05. The second kappa shape index (κ2) is 5.41. The minimum absolute atomic E-state index is 0.866. The third-order valence-electron chi connectivity index (χ3n) is 2.25. The van der Waals surface area contributed by atoms with Gasteiger partial charge in [0, 0.05) is 20.8 Å². The number of halogens is 1. The van der Waals surface area contributed by atoms with Crippen molar-refractivity contribution in [1.82, 2.24) is 0 Å². The van der Waals surface area contributed by atoms with E-state index in [-0.39, 0.29) is 0 Å². The van der Waals surface area contributed by atoms with Gasteiger partial charge in [0.15, 0.2) is 0 Å². The molecule has 2 aromatic rings. The lowest BCUT2D eigenvalue weighted by molar-refractivity contribution is 1.37. The van der Waals surface area contributed by atoms with Gasteiger partial charge in [-0.3, -0.25) is 0 Å². The van der Waals surface area contributed by atoms with Crippen LogP contribution >= 0.6 is 27.7 Å². The molecular formula is C13H12BrNS. The maximum absolute atomic E-state index is 5.89. The highest BCUT2D eigenvalue weighted by molar-refractivity contribution is 9.10. The average Bonchev–Trinajstić information content (AvgIpc) is 2.28. The van der Waals surface area contributed by atoms with Gasteiger partial charge in [0.2, 0.25) is 0 Å². The number of para-hydroxylation sites is 1. The molecule has 0 aliphatic rings. The molecule has 0 fully saturated rings. The normalized spacial score (nSPS) is 10.3. The summed E-state index contributed by atoms with van der Waals surface area (Å²) >= 11 is 5.26. The van der Waals surface area contributed by atoms with E-state index in [4.69, 9.17) is 5.73 Å². The molecule has 0 bridgehead atoms. The van der Waals surface area contributed by atoms with Crippen molar-refractivity contribution in [3.05, 3.63) is 58.6 Å². The summed E-state index contributed by atoms with van der Waals surface area (Å²) in [5, 5.41) is 0. The van der Waals surface area contributed by atoms with E-state index in [2.05, 4.69) is 34.1 Å². The first kappa shape index (κ1) is 11.6. The second-order valence-corrected chi connectivity index (χ2v) is 5.41. The molecule has 3 heteroatoms. The molecule has 0 aliphatic heterocycles. The van der Waals surface area contributed by atoms with Gasteiger partial charge in [0.25, 0.3) is 0 Å². The molecule has 82 valence electrons. The van der Waals surface area contributed by atoms with Crippen molar-refractivity contribution < 1.29 is 0 Å². The molecule has 0 aromatic heterocycles. The Morgan fingerprint density at radius 2 is 1.88 bits per heavy atom. The second-order valence-electron chi connectivity index (χ2n) is 3.44. The Kier molecular flexibility index (Phi) is 3.91. The van der Waals surface area contributed by atoms with Crippen LogP contribution in [0.5, 0.6) is 0 Å². The van der Waals surface area contributed by atoms with E-state index in [1.165, 1.54) is 10.5 Å². The smallest absolute Gasteiger partial charge is 0.0355 e. The molecule has 1 nitrogen and oxygen atoms in total. The summed E-state index contributed by atoms with van der Waals surface area (Å²) in [5.41, 5.74) is 7.95. The zero-order valence-electron chi connectivity index (χ0n) is 8.69. The summed E-state index contributed by atoms with van der Waals surface area (Å²) in [5.74, 6) is 0.906. The van der Waals surface area contributed by atoms with Gasteiger partial charge < -0.3 is 5.73 Å². The van der Waals surface area contributed by atoms with Crippen LogP contribution in [0.3, 0.4) is 0 Å². The van der Waals surface area contributed by atoms with Crippen LogP contribution in [-0.4, -0.2) is 0 Å². The van der Waals surface area contributed by atoms with Crippen LogP contribution < -0.4 is 5.73 Å². The number of anilines is 1. The zero-order valence-corrected chi connectivity index (χ0v) is 11.1. The molecule has 0 saturated carbocycles. The molecule has 0 aliphatic carbocycles. The van der Waals surface area contributed by atoms with Crippen molar-refractivity contribution in [3.63, 3.8) is 0 Å². The molecule has 0 spiro atoms. The third-order valence-corrected chi connectivity index (χ3v) is 3.78. The predicted molar refractivity (Wildman–Crippen MR) is 74.6 cm³/mol. The molecular weight excluding hydrogens is 282 g/mol. The number of nitrogens with two attached hydrogens (primary N) is 1. The van der Waals surface area contributed by atoms with Gasteiger partial charge in [0.05, 0.1) is 0 Å². The number of nitrogen functional groups attached to an aromatic ring is 1. The number of benzene rings is 2. The number of hydrogen-bond donors (Lipinski definition) is 1. The van der Waals surface area contributed by atoms with Gasteiger partial charge in [-0.15, -0.1) is 11.8 Å². The van der Waals surface area contributed by atoms with Gasteiger partial charge in [0.1, 0.15) is 0 Å². The van der Waals surface area contributed by atoms with Crippen LogP contribution in [0.4, 0.5) is 5.69 Å². The summed E-state index contributed by atoms with van der Waals surface area (Å²) < 4.78 is 1.11. The molecule has 0 radical (unpaired) electrons. The van der Waals surface area contributed by atoms with Gasteiger partial charge >= 0.3 is 0 Å².